The molecule has 2 heterocycles. The second kappa shape index (κ2) is 5.30. The number of hydrogen-bond acceptors (Lipinski definition) is 3. The lowest BCUT2D eigenvalue weighted by molar-refractivity contribution is 0.338. The van der Waals surface area contributed by atoms with Crippen molar-refractivity contribution in [3.05, 3.63) is 16.1 Å². The van der Waals surface area contributed by atoms with Crippen LogP contribution in [0.4, 0.5) is 0 Å². The van der Waals surface area contributed by atoms with E-state index in [0.29, 0.717) is 12.5 Å². The second-order valence-corrected chi connectivity index (χ2v) is 5.41. The van der Waals surface area contributed by atoms with E-state index in [4.69, 9.17) is 5.73 Å². The Labute approximate surface area is 100 Å². The Balaban J connectivity index is 1.90. The minimum absolute atomic E-state index is 0.612. The molecule has 1 aromatic heterocycles. The minimum atomic E-state index is 0.612. The molecular formula is C11H18N4S. The highest BCUT2D eigenvalue weighted by atomic mass is 32.1. The van der Waals surface area contributed by atoms with Crippen molar-refractivity contribution in [2.24, 2.45) is 10.7 Å². The molecule has 0 atom stereocenters. The largest absolute Gasteiger partial charge is 0.370 e. The second-order valence-electron chi connectivity index (χ2n) is 4.09. The first-order chi connectivity index (χ1) is 7.75. The van der Waals surface area contributed by atoms with Gasteiger partial charge in [-0.3, -0.25) is 0 Å². The smallest absolute Gasteiger partial charge is 0.191 e. The number of aryl methyl sites for hydroxylation is 1. The van der Waals surface area contributed by atoms with Crippen LogP contribution in [-0.4, -0.2) is 28.9 Å². The van der Waals surface area contributed by atoms with Gasteiger partial charge in [-0.15, -0.1) is 11.3 Å². The molecule has 0 unspecified atom stereocenters. The molecule has 0 spiro atoms. The highest BCUT2D eigenvalue weighted by molar-refractivity contribution is 7.11. The van der Waals surface area contributed by atoms with E-state index in [1.54, 1.807) is 11.3 Å². The van der Waals surface area contributed by atoms with Crippen LogP contribution in [0.5, 0.6) is 0 Å². The highest BCUT2D eigenvalue weighted by Crippen LogP contribution is 2.13. The summed E-state index contributed by atoms with van der Waals surface area (Å²) in [5.41, 5.74) is 5.96. The van der Waals surface area contributed by atoms with E-state index < -0.39 is 0 Å². The normalized spacial score (nSPS) is 17.8. The predicted molar refractivity (Wildman–Crippen MR) is 67.6 cm³/mol. The van der Waals surface area contributed by atoms with Gasteiger partial charge in [0.05, 0.1) is 6.54 Å². The Hall–Kier alpha value is -1.10. The Morgan fingerprint density at radius 3 is 2.88 bits per heavy atom. The molecule has 2 N–H and O–H groups in total. The van der Waals surface area contributed by atoms with Crippen molar-refractivity contribution in [1.82, 2.24) is 9.88 Å². The number of nitrogens with zero attached hydrogens (tertiary/aromatic N) is 3. The Morgan fingerprint density at radius 1 is 1.50 bits per heavy atom. The highest BCUT2D eigenvalue weighted by Gasteiger charge is 2.11. The summed E-state index contributed by atoms with van der Waals surface area (Å²) in [7, 11) is 0. The standard InChI is InChI=1S/C11H18N4S/c1-9-7-13-10(16-9)8-14-11(12)15-5-3-2-4-6-15/h7H,2-6,8H2,1H3,(H2,12,14). The molecule has 0 aliphatic carbocycles. The first kappa shape index (κ1) is 11.4. The van der Waals surface area contributed by atoms with Crippen LogP contribution < -0.4 is 5.73 Å². The number of rotatable bonds is 2. The van der Waals surface area contributed by atoms with Gasteiger partial charge in [0, 0.05) is 24.2 Å². The molecule has 5 heteroatoms. The molecule has 88 valence electrons. The van der Waals surface area contributed by atoms with Crippen LogP contribution in [0.1, 0.15) is 29.1 Å². The van der Waals surface area contributed by atoms with Crippen molar-refractivity contribution < 1.29 is 0 Å². The van der Waals surface area contributed by atoms with Crippen LogP contribution in [0.3, 0.4) is 0 Å². The number of guanidine groups is 1. The average molecular weight is 238 g/mol. The molecule has 1 aliphatic rings. The van der Waals surface area contributed by atoms with E-state index in [1.165, 1.54) is 24.1 Å². The maximum absolute atomic E-state index is 5.96. The third kappa shape index (κ3) is 2.95. The fourth-order valence-electron chi connectivity index (χ4n) is 1.85. The molecule has 0 saturated carbocycles. The maximum Gasteiger partial charge on any atom is 0.191 e. The van der Waals surface area contributed by atoms with Gasteiger partial charge in [0.15, 0.2) is 5.96 Å². The van der Waals surface area contributed by atoms with Gasteiger partial charge in [0.2, 0.25) is 0 Å². The zero-order chi connectivity index (χ0) is 11.4. The van der Waals surface area contributed by atoms with Crippen LogP contribution in [0.15, 0.2) is 11.2 Å². The van der Waals surface area contributed by atoms with Crippen LogP contribution >= 0.6 is 11.3 Å². The third-order valence-electron chi connectivity index (χ3n) is 2.73. The van der Waals surface area contributed by atoms with E-state index in [2.05, 4.69) is 21.8 Å². The van der Waals surface area contributed by atoms with Gasteiger partial charge in [0.25, 0.3) is 0 Å². The van der Waals surface area contributed by atoms with E-state index in [-0.39, 0.29) is 0 Å². The topological polar surface area (TPSA) is 54.5 Å². The van der Waals surface area contributed by atoms with Crippen molar-refractivity contribution in [3.8, 4) is 0 Å². The van der Waals surface area contributed by atoms with Crippen LogP contribution in [0, 0.1) is 6.92 Å². The molecule has 1 aromatic rings. The van der Waals surface area contributed by atoms with Gasteiger partial charge in [-0.1, -0.05) is 0 Å². The van der Waals surface area contributed by atoms with Crippen molar-refractivity contribution in [1.29, 1.82) is 0 Å². The molecule has 0 bridgehead atoms. The number of hydrogen-bond donors (Lipinski definition) is 1. The van der Waals surface area contributed by atoms with E-state index in [0.717, 1.165) is 18.1 Å². The van der Waals surface area contributed by atoms with Crippen LogP contribution in [0.25, 0.3) is 0 Å². The Kier molecular flexibility index (Phi) is 3.77. The monoisotopic (exact) mass is 238 g/mol. The van der Waals surface area contributed by atoms with Crippen molar-refractivity contribution in [2.75, 3.05) is 13.1 Å². The van der Waals surface area contributed by atoms with Crippen LogP contribution in [-0.2, 0) is 6.54 Å². The molecule has 0 aromatic carbocycles. The van der Waals surface area contributed by atoms with Crippen molar-refractivity contribution in [2.45, 2.75) is 32.7 Å². The molecule has 1 aliphatic heterocycles. The van der Waals surface area contributed by atoms with E-state index >= 15 is 0 Å². The minimum Gasteiger partial charge on any atom is -0.370 e. The van der Waals surface area contributed by atoms with E-state index in [1.807, 2.05) is 6.20 Å². The summed E-state index contributed by atoms with van der Waals surface area (Å²) < 4.78 is 0. The van der Waals surface area contributed by atoms with Gasteiger partial charge in [0.1, 0.15) is 5.01 Å². The van der Waals surface area contributed by atoms with E-state index in [9.17, 15) is 0 Å². The van der Waals surface area contributed by atoms with Gasteiger partial charge >= 0.3 is 0 Å². The summed E-state index contributed by atoms with van der Waals surface area (Å²) in [6.07, 6.45) is 5.65. The van der Waals surface area contributed by atoms with Crippen molar-refractivity contribution >= 4 is 17.3 Å². The van der Waals surface area contributed by atoms with Crippen LogP contribution in [0.2, 0.25) is 0 Å². The predicted octanol–water partition coefficient (Wildman–Crippen LogP) is 1.75. The van der Waals surface area contributed by atoms with Crippen molar-refractivity contribution in [3.63, 3.8) is 0 Å². The molecule has 16 heavy (non-hydrogen) atoms. The summed E-state index contributed by atoms with van der Waals surface area (Å²) in [5.74, 6) is 0.674. The lowest BCUT2D eigenvalue weighted by Gasteiger charge is -2.27. The summed E-state index contributed by atoms with van der Waals surface area (Å²) in [5, 5.41) is 1.04. The van der Waals surface area contributed by atoms with Gasteiger partial charge < -0.3 is 10.6 Å². The molecular weight excluding hydrogens is 220 g/mol. The molecule has 2 rings (SSSR count). The van der Waals surface area contributed by atoms with Gasteiger partial charge in [-0.2, -0.15) is 0 Å². The number of aromatic nitrogens is 1. The zero-order valence-corrected chi connectivity index (χ0v) is 10.5. The zero-order valence-electron chi connectivity index (χ0n) is 9.65. The summed E-state index contributed by atoms with van der Waals surface area (Å²) >= 11 is 1.68. The lowest BCUT2D eigenvalue weighted by Crippen LogP contribution is -2.40. The number of piperidine rings is 1. The van der Waals surface area contributed by atoms with Gasteiger partial charge in [-0.25, -0.2) is 9.98 Å². The SMILES string of the molecule is Cc1cnc(CN=C(N)N2CCCCC2)s1. The quantitative estimate of drug-likeness (QED) is 0.631. The fraction of sp³-hybridized carbons (Fsp3) is 0.636. The summed E-state index contributed by atoms with van der Waals surface area (Å²) in [6.45, 7) is 4.76. The number of thiazole rings is 1. The molecule has 1 saturated heterocycles. The Morgan fingerprint density at radius 2 is 2.25 bits per heavy atom. The maximum atomic E-state index is 5.96. The molecule has 0 radical (unpaired) electrons. The molecule has 1 fully saturated rings. The van der Waals surface area contributed by atoms with Gasteiger partial charge in [-0.05, 0) is 26.2 Å². The lowest BCUT2D eigenvalue weighted by atomic mass is 10.1. The Bertz CT molecular complexity index is 366. The summed E-state index contributed by atoms with van der Waals surface area (Å²) in [6, 6.07) is 0. The first-order valence-corrected chi connectivity index (χ1v) is 6.53. The molecule has 0 amide bonds. The third-order valence-corrected chi connectivity index (χ3v) is 3.62. The number of likely N-dealkylation sites (tertiary alicyclic amines) is 1. The number of nitrogens with two attached hydrogens (primary N) is 1. The average Bonchev–Trinajstić information content (AvgIpc) is 2.73. The summed E-state index contributed by atoms with van der Waals surface area (Å²) in [4.78, 5) is 12.1. The fourth-order valence-corrected chi connectivity index (χ4v) is 2.56. The number of aliphatic imine (C=N–C) groups is 1. The first-order valence-electron chi connectivity index (χ1n) is 5.72. The molecule has 4 nitrogen and oxygen atoms in total.